The van der Waals surface area contributed by atoms with Crippen molar-refractivity contribution in [2.45, 2.75) is 19.4 Å². The molecule has 0 fully saturated rings. The molecule has 0 aliphatic heterocycles. The molecule has 0 spiro atoms. The summed E-state index contributed by atoms with van der Waals surface area (Å²) >= 11 is 0. The van der Waals surface area contributed by atoms with E-state index in [-0.39, 0.29) is 6.42 Å². The van der Waals surface area contributed by atoms with Crippen LogP contribution in [0.5, 0.6) is 0 Å². The minimum Gasteiger partial charge on any atom is -0.480 e. The van der Waals surface area contributed by atoms with Gasteiger partial charge >= 0.3 is 5.97 Å². The second-order valence-corrected chi connectivity index (χ2v) is 3.69. The normalized spacial score (nSPS) is 11.7. The molecule has 0 saturated heterocycles. The lowest BCUT2D eigenvalue weighted by atomic mass is 10.1. The predicted molar refractivity (Wildman–Crippen MR) is 62.2 cm³/mol. The number of rotatable bonds is 5. The number of carboxylic acids is 1. The number of hydrogen-bond acceptors (Lipinski definition) is 4. The van der Waals surface area contributed by atoms with Crippen molar-refractivity contribution < 1.29 is 24.0 Å². The second kappa shape index (κ2) is 5.89. The Morgan fingerprint density at radius 3 is 2.63 bits per heavy atom. The number of nitrogens with zero attached hydrogens (tertiary/aromatic N) is 1. The van der Waals surface area contributed by atoms with E-state index in [1.54, 1.807) is 0 Å². The zero-order valence-corrected chi connectivity index (χ0v) is 9.92. The highest BCUT2D eigenvalue weighted by Crippen LogP contribution is 2.17. The molecule has 1 aromatic rings. The summed E-state index contributed by atoms with van der Waals surface area (Å²) in [6, 6.07) is 1.29. The highest BCUT2D eigenvalue weighted by molar-refractivity contribution is 5.97. The third-order valence-corrected chi connectivity index (χ3v) is 2.42. The zero-order chi connectivity index (χ0) is 14.6. The maximum Gasteiger partial charge on any atom is 0.326 e. The van der Waals surface area contributed by atoms with Crippen LogP contribution in [0.25, 0.3) is 0 Å². The monoisotopic (exact) mass is 270 g/mol. The van der Waals surface area contributed by atoms with Gasteiger partial charge in [0.05, 0.1) is 10.5 Å². The summed E-state index contributed by atoms with van der Waals surface area (Å²) in [6.07, 6.45) is 0.109. The molecule has 7 nitrogen and oxygen atoms in total. The van der Waals surface area contributed by atoms with Crippen LogP contribution in [0.1, 0.15) is 23.7 Å². The van der Waals surface area contributed by atoms with Gasteiger partial charge in [-0.2, -0.15) is 0 Å². The van der Waals surface area contributed by atoms with E-state index in [0.29, 0.717) is 0 Å². The highest BCUT2D eigenvalue weighted by atomic mass is 19.1. The number of hydrogen-bond donors (Lipinski definition) is 2. The number of carbonyl (C=O) groups is 2. The molecule has 2 N–H and O–H groups in total. The molecule has 1 rings (SSSR count). The Hall–Kier alpha value is -2.51. The van der Waals surface area contributed by atoms with E-state index in [1.807, 2.05) is 0 Å². The maximum atomic E-state index is 13.4. The molecule has 0 heterocycles. The number of carboxylic acid groups (broad SMARTS) is 1. The van der Waals surface area contributed by atoms with Crippen molar-refractivity contribution in [3.8, 4) is 0 Å². The molecule has 0 aliphatic rings. The van der Waals surface area contributed by atoms with Gasteiger partial charge in [-0.1, -0.05) is 6.92 Å². The number of non-ortho nitro benzene ring substituents is 1. The molecule has 102 valence electrons. The van der Waals surface area contributed by atoms with E-state index in [1.165, 1.54) is 6.92 Å². The molecule has 0 bridgehead atoms. The first-order valence-corrected chi connectivity index (χ1v) is 5.34. The zero-order valence-electron chi connectivity index (χ0n) is 9.92. The van der Waals surface area contributed by atoms with Crippen molar-refractivity contribution in [3.63, 3.8) is 0 Å². The molecule has 0 saturated carbocycles. The van der Waals surface area contributed by atoms with Crippen LogP contribution in [-0.2, 0) is 4.79 Å². The van der Waals surface area contributed by atoms with Crippen LogP contribution < -0.4 is 5.32 Å². The average Bonchev–Trinajstić information content (AvgIpc) is 2.35. The van der Waals surface area contributed by atoms with Gasteiger partial charge in [0.2, 0.25) is 0 Å². The van der Waals surface area contributed by atoms with Gasteiger partial charge in [0.15, 0.2) is 0 Å². The van der Waals surface area contributed by atoms with Crippen LogP contribution in [0.4, 0.5) is 10.1 Å². The van der Waals surface area contributed by atoms with Crippen LogP contribution in [0.3, 0.4) is 0 Å². The molecular formula is C11H11FN2O5. The average molecular weight is 270 g/mol. The van der Waals surface area contributed by atoms with Crippen LogP contribution in [-0.4, -0.2) is 27.9 Å². The Labute approximate surface area is 107 Å². The lowest BCUT2D eigenvalue weighted by Crippen LogP contribution is -2.40. The number of nitrogens with one attached hydrogen (secondary N) is 1. The summed E-state index contributed by atoms with van der Waals surface area (Å²) in [6.45, 7) is 1.53. The van der Waals surface area contributed by atoms with Gasteiger partial charge in [-0.05, 0) is 12.5 Å². The van der Waals surface area contributed by atoms with Crippen molar-refractivity contribution >= 4 is 17.6 Å². The third kappa shape index (κ3) is 3.47. The lowest BCUT2D eigenvalue weighted by molar-refractivity contribution is -0.384. The summed E-state index contributed by atoms with van der Waals surface area (Å²) in [5.74, 6) is -3.22. The molecule has 0 aliphatic carbocycles. The first kappa shape index (κ1) is 14.6. The number of carbonyl (C=O) groups excluding carboxylic acids is 1. The van der Waals surface area contributed by atoms with E-state index in [0.717, 1.165) is 18.2 Å². The number of benzene rings is 1. The van der Waals surface area contributed by atoms with Crippen molar-refractivity contribution in [2.75, 3.05) is 0 Å². The first-order chi connectivity index (χ1) is 8.86. The molecule has 0 aromatic heterocycles. The van der Waals surface area contributed by atoms with Gasteiger partial charge in [0.25, 0.3) is 11.6 Å². The predicted octanol–water partition coefficient (Wildman–Crippen LogP) is 1.33. The number of nitro benzene ring substituents is 1. The number of amides is 1. The molecular weight excluding hydrogens is 259 g/mol. The van der Waals surface area contributed by atoms with Crippen LogP contribution in [0.2, 0.25) is 0 Å². The van der Waals surface area contributed by atoms with E-state index in [2.05, 4.69) is 5.32 Å². The number of aliphatic carboxylic acids is 1. The summed E-state index contributed by atoms with van der Waals surface area (Å²) in [7, 11) is 0. The molecule has 0 unspecified atom stereocenters. The summed E-state index contributed by atoms with van der Waals surface area (Å²) < 4.78 is 13.4. The van der Waals surface area contributed by atoms with Gasteiger partial charge in [-0.25, -0.2) is 9.18 Å². The molecule has 1 amide bonds. The number of nitro groups is 1. The summed E-state index contributed by atoms with van der Waals surface area (Å²) in [5, 5.41) is 21.4. The minimum atomic E-state index is -1.26. The second-order valence-electron chi connectivity index (χ2n) is 3.69. The van der Waals surface area contributed by atoms with Gasteiger partial charge < -0.3 is 10.4 Å². The van der Waals surface area contributed by atoms with E-state index < -0.39 is 39.9 Å². The van der Waals surface area contributed by atoms with E-state index in [4.69, 9.17) is 5.11 Å². The molecule has 1 aromatic carbocycles. The van der Waals surface area contributed by atoms with Crippen molar-refractivity contribution in [1.82, 2.24) is 5.32 Å². The van der Waals surface area contributed by atoms with Gasteiger partial charge in [-0.15, -0.1) is 0 Å². The van der Waals surface area contributed by atoms with Crippen molar-refractivity contribution in [1.29, 1.82) is 0 Å². The molecule has 19 heavy (non-hydrogen) atoms. The van der Waals surface area contributed by atoms with Crippen LogP contribution >= 0.6 is 0 Å². The fourth-order valence-corrected chi connectivity index (χ4v) is 1.38. The van der Waals surface area contributed by atoms with Crippen molar-refractivity contribution in [2.24, 2.45) is 0 Å². The summed E-state index contributed by atoms with van der Waals surface area (Å²) in [4.78, 5) is 32.2. The van der Waals surface area contributed by atoms with Crippen LogP contribution in [0.15, 0.2) is 18.2 Å². The lowest BCUT2D eigenvalue weighted by Gasteiger charge is -2.12. The van der Waals surface area contributed by atoms with E-state index >= 15 is 0 Å². The Morgan fingerprint density at radius 2 is 2.16 bits per heavy atom. The minimum absolute atomic E-state index is 0.109. The third-order valence-electron chi connectivity index (χ3n) is 2.42. The fraction of sp³-hybridized carbons (Fsp3) is 0.273. The fourth-order valence-electron chi connectivity index (χ4n) is 1.38. The van der Waals surface area contributed by atoms with Crippen molar-refractivity contribution in [3.05, 3.63) is 39.7 Å². The Bertz CT molecular complexity index is 532. The molecule has 0 radical (unpaired) electrons. The topological polar surface area (TPSA) is 110 Å². The van der Waals surface area contributed by atoms with Gasteiger partial charge in [0, 0.05) is 12.1 Å². The highest BCUT2D eigenvalue weighted by Gasteiger charge is 2.22. The first-order valence-electron chi connectivity index (χ1n) is 5.34. The maximum absolute atomic E-state index is 13.4. The Balaban J connectivity index is 3.02. The van der Waals surface area contributed by atoms with Gasteiger partial charge in [0.1, 0.15) is 11.9 Å². The SMILES string of the molecule is CC[C@@H](NC(=O)c1cc([N+](=O)[O-])ccc1F)C(=O)O. The molecule has 1 atom stereocenters. The Kier molecular flexibility index (Phi) is 4.51. The quantitative estimate of drug-likeness (QED) is 0.619. The largest absolute Gasteiger partial charge is 0.480 e. The van der Waals surface area contributed by atoms with Crippen LogP contribution in [0, 0.1) is 15.9 Å². The molecule has 8 heteroatoms. The number of halogens is 1. The van der Waals surface area contributed by atoms with E-state index in [9.17, 15) is 24.1 Å². The smallest absolute Gasteiger partial charge is 0.326 e. The Morgan fingerprint density at radius 1 is 1.53 bits per heavy atom. The standard InChI is InChI=1S/C11H11FN2O5/c1-2-9(11(16)17)13-10(15)7-5-6(14(18)19)3-4-8(7)12/h3-5,9H,2H2,1H3,(H,13,15)(H,16,17)/t9-/m1/s1. The van der Waals surface area contributed by atoms with Gasteiger partial charge in [-0.3, -0.25) is 14.9 Å². The summed E-state index contributed by atoms with van der Waals surface area (Å²) in [5.41, 5.74) is -1.01.